The summed E-state index contributed by atoms with van der Waals surface area (Å²) in [4.78, 5) is 36.9. The minimum Gasteiger partial charge on any atom is -0.354 e. The summed E-state index contributed by atoms with van der Waals surface area (Å²) in [5.74, 6) is -0.827. The molecule has 2 aromatic carbocycles. The topological polar surface area (TPSA) is 93.1 Å². The molecule has 0 fully saturated rings. The number of anilines is 1. The Morgan fingerprint density at radius 3 is 2.32 bits per heavy atom. The number of para-hydroxylation sites is 1. The molecule has 0 saturated heterocycles. The van der Waals surface area contributed by atoms with Crippen LogP contribution in [0.15, 0.2) is 59.4 Å². The second-order valence-electron chi connectivity index (χ2n) is 5.35. The SMILES string of the molecule is CNC(=O)c1nn(CC(=O)Nc2ccccc2)c(=O)c2ccccc12. The molecule has 1 heterocycles. The highest BCUT2D eigenvalue weighted by Gasteiger charge is 2.16. The van der Waals surface area contributed by atoms with Crippen molar-refractivity contribution >= 4 is 28.3 Å². The van der Waals surface area contributed by atoms with E-state index < -0.39 is 17.4 Å². The lowest BCUT2D eigenvalue weighted by Gasteiger charge is -2.10. The fourth-order valence-electron chi connectivity index (χ4n) is 2.49. The lowest BCUT2D eigenvalue weighted by Crippen LogP contribution is -2.33. The molecular weight excluding hydrogens is 320 g/mol. The average molecular weight is 336 g/mol. The fourth-order valence-corrected chi connectivity index (χ4v) is 2.49. The van der Waals surface area contributed by atoms with Gasteiger partial charge in [-0.25, -0.2) is 4.68 Å². The Morgan fingerprint density at radius 2 is 1.64 bits per heavy atom. The van der Waals surface area contributed by atoms with E-state index in [0.717, 1.165) is 4.68 Å². The summed E-state index contributed by atoms with van der Waals surface area (Å²) in [6, 6.07) is 15.6. The van der Waals surface area contributed by atoms with Gasteiger partial charge in [0.1, 0.15) is 6.54 Å². The number of fused-ring (bicyclic) bond motifs is 1. The molecule has 0 radical (unpaired) electrons. The van der Waals surface area contributed by atoms with Crippen LogP contribution in [-0.2, 0) is 11.3 Å². The fraction of sp³-hybridized carbons (Fsp3) is 0.111. The Morgan fingerprint density at radius 1 is 1.00 bits per heavy atom. The summed E-state index contributed by atoms with van der Waals surface area (Å²) in [5, 5.41) is 10.1. The second kappa shape index (κ2) is 6.96. The van der Waals surface area contributed by atoms with Gasteiger partial charge in [0, 0.05) is 18.1 Å². The van der Waals surface area contributed by atoms with Crippen LogP contribution in [-0.4, -0.2) is 28.6 Å². The molecule has 0 saturated carbocycles. The predicted octanol–water partition coefficient (Wildman–Crippen LogP) is 1.39. The molecule has 0 aliphatic carbocycles. The van der Waals surface area contributed by atoms with E-state index in [4.69, 9.17) is 0 Å². The van der Waals surface area contributed by atoms with Crippen molar-refractivity contribution in [2.75, 3.05) is 12.4 Å². The quantitative estimate of drug-likeness (QED) is 0.753. The van der Waals surface area contributed by atoms with Gasteiger partial charge in [-0.1, -0.05) is 36.4 Å². The zero-order valence-corrected chi connectivity index (χ0v) is 13.5. The minimum atomic E-state index is -0.425. The molecule has 0 unspecified atom stereocenters. The molecule has 2 amide bonds. The number of nitrogens with zero attached hydrogens (tertiary/aromatic N) is 2. The van der Waals surface area contributed by atoms with Crippen molar-refractivity contribution < 1.29 is 9.59 Å². The van der Waals surface area contributed by atoms with Gasteiger partial charge in [0.15, 0.2) is 5.69 Å². The third-order valence-corrected chi connectivity index (χ3v) is 3.66. The van der Waals surface area contributed by atoms with Gasteiger partial charge in [-0.2, -0.15) is 5.10 Å². The zero-order valence-electron chi connectivity index (χ0n) is 13.5. The summed E-state index contributed by atoms with van der Waals surface area (Å²) in [5.41, 5.74) is 0.296. The minimum absolute atomic E-state index is 0.102. The van der Waals surface area contributed by atoms with E-state index in [1.54, 1.807) is 48.5 Å². The van der Waals surface area contributed by atoms with E-state index in [-0.39, 0.29) is 12.2 Å². The Bertz CT molecular complexity index is 996. The van der Waals surface area contributed by atoms with Gasteiger partial charge in [0.05, 0.1) is 5.39 Å². The number of carbonyl (C=O) groups is 2. The van der Waals surface area contributed by atoms with Crippen LogP contribution < -0.4 is 16.2 Å². The van der Waals surface area contributed by atoms with Crippen LogP contribution in [0.25, 0.3) is 10.8 Å². The highest BCUT2D eigenvalue weighted by molar-refractivity contribution is 6.04. The molecule has 0 spiro atoms. The summed E-state index contributed by atoms with van der Waals surface area (Å²) in [6.45, 7) is -0.289. The largest absolute Gasteiger partial charge is 0.354 e. The van der Waals surface area contributed by atoms with Crippen LogP contribution in [0.2, 0.25) is 0 Å². The Labute approximate surface area is 143 Å². The standard InChI is InChI=1S/C18H16N4O3/c1-19-17(24)16-13-9-5-6-10-14(13)18(25)22(21-16)11-15(23)20-12-7-3-2-4-8-12/h2-10H,11H2,1H3,(H,19,24)(H,20,23). The summed E-state index contributed by atoms with van der Waals surface area (Å²) in [6.07, 6.45) is 0. The number of hydrogen-bond donors (Lipinski definition) is 2. The lowest BCUT2D eigenvalue weighted by atomic mass is 10.1. The normalized spacial score (nSPS) is 10.4. The summed E-state index contributed by atoms with van der Waals surface area (Å²) in [7, 11) is 1.48. The highest BCUT2D eigenvalue weighted by atomic mass is 16.2. The molecule has 7 nitrogen and oxygen atoms in total. The van der Waals surface area contributed by atoms with Crippen LogP contribution in [0, 0.1) is 0 Å². The van der Waals surface area contributed by atoms with E-state index in [2.05, 4.69) is 15.7 Å². The van der Waals surface area contributed by atoms with Gasteiger partial charge in [0.2, 0.25) is 5.91 Å². The molecule has 1 aromatic heterocycles. The van der Waals surface area contributed by atoms with Crippen LogP contribution in [0.5, 0.6) is 0 Å². The van der Waals surface area contributed by atoms with Gasteiger partial charge in [-0.05, 0) is 18.2 Å². The van der Waals surface area contributed by atoms with Crippen LogP contribution in [0.4, 0.5) is 5.69 Å². The molecule has 0 aliphatic heterocycles. The van der Waals surface area contributed by atoms with Gasteiger partial charge in [-0.15, -0.1) is 0 Å². The lowest BCUT2D eigenvalue weighted by molar-refractivity contribution is -0.117. The average Bonchev–Trinajstić information content (AvgIpc) is 2.64. The van der Waals surface area contributed by atoms with Crippen LogP contribution >= 0.6 is 0 Å². The van der Waals surface area contributed by atoms with E-state index >= 15 is 0 Å². The van der Waals surface area contributed by atoms with Crippen molar-refractivity contribution in [2.24, 2.45) is 0 Å². The van der Waals surface area contributed by atoms with E-state index in [9.17, 15) is 14.4 Å². The zero-order chi connectivity index (χ0) is 17.8. The molecule has 0 bridgehead atoms. The molecule has 2 N–H and O–H groups in total. The molecule has 126 valence electrons. The maximum atomic E-state index is 12.6. The summed E-state index contributed by atoms with van der Waals surface area (Å²) >= 11 is 0. The first-order valence-corrected chi connectivity index (χ1v) is 7.67. The number of carbonyl (C=O) groups excluding carboxylic acids is 2. The van der Waals surface area contributed by atoms with Crippen molar-refractivity contribution in [1.82, 2.24) is 15.1 Å². The van der Waals surface area contributed by atoms with E-state index in [1.807, 2.05) is 6.07 Å². The Balaban J connectivity index is 1.98. The smallest absolute Gasteiger partial charge is 0.275 e. The first-order valence-electron chi connectivity index (χ1n) is 7.67. The van der Waals surface area contributed by atoms with Crippen molar-refractivity contribution in [3.05, 3.63) is 70.6 Å². The van der Waals surface area contributed by atoms with Crippen molar-refractivity contribution in [2.45, 2.75) is 6.54 Å². The van der Waals surface area contributed by atoms with Crippen LogP contribution in [0.1, 0.15) is 10.5 Å². The molecule has 25 heavy (non-hydrogen) atoms. The Kier molecular flexibility index (Phi) is 4.56. The second-order valence-corrected chi connectivity index (χ2v) is 5.35. The number of rotatable bonds is 4. The number of aromatic nitrogens is 2. The number of nitrogens with one attached hydrogen (secondary N) is 2. The molecule has 0 aliphatic rings. The van der Waals surface area contributed by atoms with Crippen molar-refractivity contribution in [3.8, 4) is 0 Å². The van der Waals surface area contributed by atoms with Crippen LogP contribution in [0.3, 0.4) is 0 Å². The molecule has 3 rings (SSSR count). The molecule has 0 atom stereocenters. The number of amides is 2. The van der Waals surface area contributed by atoms with Crippen molar-refractivity contribution in [1.29, 1.82) is 0 Å². The van der Waals surface area contributed by atoms with E-state index in [1.165, 1.54) is 7.05 Å². The monoisotopic (exact) mass is 336 g/mol. The van der Waals surface area contributed by atoms with Gasteiger partial charge in [-0.3, -0.25) is 14.4 Å². The summed E-state index contributed by atoms with van der Waals surface area (Å²) < 4.78 is 1.01. The van der Waals surface area contributed by atoms with Crippen molar-refractivity contribution in [3.63, 3.8) is 0 Å². The van der Waals surface area contributed by atoms with Gasteiger partial charge in [0.25, 0.3) is 11.5 Å². The first kappa shape index (κ1) is 16.4. The number of hydrogen-bond acceptors (Lipinski definition) is 4. The van der Waals surface area contributed by atoms with Gasteiger partial charge >= 0.3 is 0 Å². The van der Waals surface area contributed by atoms with E-state index in [0.29, 0.717) is 16.5 Å². The first-order chi connectivity index (χ1) is 12.1. The third-order valence-electron chi connectivity index (χ3n) is 3.66. The maximum absolute atomic E-state index is 12.6. The predicted molar refractivity (Wildman–Crippen MR) is 94.5 cm³/mol. The molecular formula is C18H16N4O3. The number of benzene rings is 2. The third kappa shape index (κ3) is 3.40. The molecule has 3 aromatic rings. The molecule has 7 heteroatoms. The Hall–Kier alpha value is -3.48. The maximum Gasteiger partial charge on any atom is 0.275 e. The van der Waals surface area contributed by atoms with Gasteiger partial charge < -0.3 is 10.6 Å². The highest BCUT2D eigenvalue weighted by Crippen LogP contribution is 2.13.